The average molecular weight is 346 g/mol. The van der Waals surface area contributed by atoms with E-state index in [1.54, 1.807) is 24.3 Å². The van der Waals surface area contributed by atoms with Crippen molar-refractivity contribution in [3.05, 3.63) is 65.7 Å². The summed E-state index contributed by atoms with van der Waals surface area (Å²) in [6.45, 7) is 7.33. The Morgan fingerprint density at radius 3 is 2.12 bits per heavy atom. The summed E-state index contributed by atoms with van der Waals surface area (Å²) in [4.78, 5) is 0.295. The maximum Gasteiger partial charge on any atom is 0.240 e. The van der Waals surface area contributed by atoms with E-state index in [-0.39, 0.29) is 6.04 Å². The van der Waals surface area contributed by atoms with Crippen molar-refractivity contribution in [3.63, 3.8) is 0 Å². The molecule has 0 aliphatic carbocycles. The van der Waals surface area contributed by atoms with Gasteiger partial charge in [0.25, 0.3) is 0 Å². The molecular formula is C19H26N2O2S. The predicted molar refractivity (Wildman–Crippen MR) is 98.4 cm³/mol. The van der Waals surface area contributed by atoms with Gasteiger partial charge in [-0.1, -0.05) is 61.9 Å². The zero-order valence-electron chi connectivity index (χ0n) is 14.5. The first-order chi connectivity index (χ1) is 11.4. The van der Waals surface area contributed by atoms with Crippen LogP contribution in [0.15, 0.2) is 59.5 Å². The molecule has 5 heteroatoms. The molecule has 0 fully saturated rings. The van der Waals surface area contributed by atoms with Gasteiger partial charge in [0.2, 0.25) is 10.0 Å². The molecule has 2 N–H and O–H groups in total. The lowest BCUT2D eigenvalue weighted by atomic mass is 10.1. The second-order valence-electron chi connectivity index (χ2n) is 6.43. The lowest BCUT2D eigenvalue weighted by molar-refractivity contribution is 0.466. The number of rotatable bonds is 8. The molecule has 24 heavy (non-hydrogen) atoms. The predicted octanol–water partition coefficient (Wildman–Crippen LogP) is 3.26. The number of hydrogen-bond acceptors (Lipinski definition) is 3. The summed E-state index contributed by atoms with van der Waals surface area (Å²) in [5.41, 5.74) is 2.11. The molecule has 2 aromatic rings. The van der Waals surface area contributed by atoms with E-state index in [0.29, 0.717) is 17.4 Å². The van der Waals surface area contributed by atoms with Gasteiger partial charge in [0, 0.05) is 12.6 Å². The van der Waals surface area contributed by atoms with Crippen LogP contribution >= 0.6 is 0 Å². The first kappa shape index (κ1) is 18.6. The number of benzene rings is 2. The van der Waals surface area contributed by atoms with Crippen LogP contribution in [0.2, 0.25) is 0 Å². The van der Waals surface area contributed by atoms with E-state index >= 15 is 0 Å². The molecule has 2 rings (SSSR count). The summed E-state index contributed by atoms with van der Waals surface area (Å²) < 4.78 is 27.7. The number of nitrogens with one attached hydrogen (secondary N) is 2. The average Bonchev–Trinajstić information content (AvgIpc) is 2.56. The minimum absolute atomic E-state index is 0.0613. The van der Waals surface area contributed by atoms with Crippen LogP contribution < -0.4 is 10.0 Å². The molecule has 0 bridgehead atoms. The Morgan fingerprint density at radius 2 is 1.54 bits per heavy atom. The van der Waals surface area contributed by atoms with Gasteiger partial charge >= 0.3 is 0 Å². The Bertz CT molecular complexity index is 726. The van der Waals surface area contributed by atoms with E-state index in [0.717, 1.165) is 17.7 Å². The molecule has 0 spiro atoms. The Kier molecular flexibility index (Phi) is 6.54. The van der Waals surface area contributed by atoms with Crippen LogP contribution in [0.4, 0.5) is 0 Å². The third kappa shape index (κ3) is 5.44. The van der Waals surface area contributed by atoms with Crippen molar-refractivity contribution >= 4 is 10.0 Å². The standard InChI is InChI=1S/C19H26N2O2S/c1-15(2)13-20-19(17-7-5-4-6-8-17)14-21-24(22,23)18-11-9-16(3)10-12-18/h4-12,15,19-21H,13-14H2,1-3H3. The largest absolute Gasteiger partial charge is 0.309 e. The van der Waals surface area contributed by atoms with Gasteiger partial charge in [-0.05, 0) is 37.1 Å². The molecule has 0 saturated carbocycles. The lowest BCUT2D eigenvalue weighted by Gasteiger charge is -2.21. The van der Waals surface area contributed by atoms with Crippen molar-refractivity contribution < 1.29 is 8.42 Å². The molecule has 2 aromatic carbocycles. The fraction of sp³-hybridized carbons (Fsp3) is 0.368. The maximum absolute atomic E-state index is 12.5. The second kappa shape index (κ2) is 8.42. The van der Waals surface area contributed by atoms with Crippen molar-refractivity contribution in [2.24, 2.45) is 5.92 Å². The monoisotopic (exact) mass is 346 g/mol. The molecule has 0 heterocycles. The summed E-state index contributed by atoms with van der Waals surface area (Å²) in [5, 5.41) is 3.44. The fourth-order valence-corrected chi connectivity index (χ4v) is 3.41. The summed E-state index contributed by atoms with van der Waals surface area (Å²) in [6.07, 6.45) is 0. The third-order valence-corrected chi connectivity index (χ3v) is 5.22. The van der Waals surface area contributed by atoms with Gasteiger partial charge < -0.3 is 5.32 Å². The first-order valence-electron chi connectivity index (χ1n) is 8.23. The van der Waals surface area contributed by atoms with Gasteiger partial charge in [0.1, 0.15) is 0 Å². The van der Waals surface area contributed by atoms with Crippen LogP contribution in [0.1, 0.15) is 31.0 Å². The van der Waals surface area contributed by atoms with E-state index in [1.165, 1.54) is 0 Å². The van der Waals surface area contributed by atoms with Gasteiger partial charge in [0.05, 0.1) is 4.90 Å². The van der Waals surface area contributed by atoms with E-state index in [4.69, 9.17) is 0 Å². The van der Waals surface area contributed by atoms with Gasteiger partial charge in [-0.3, -0.25) is 0 Å². The lowest BCUT2D eigenvalue weighted by Crippen LogP contribution is -2.36. The van der Waals surface area contributed by atoms with Crippen LogP contribution in [0.25, 0.3) is 0 Å². The smallest absolute Gasteiger partial charge is 0.240 e. The molecule has 1 atom stereocenters. The molecule has 0 aliphatic rings. The Labute approximate surface area is 145 Å². The minimum Gasteiger partial charge on any atom is -0.309 e. The maximum atomic E-state index is 12.5. The third-order valence-electron chi connectivity index (χ3n) is 3.78. The van der Waals surface area contributed by atoms with E-state index < -0.39 is 10.0 Å². The highest BCUT2D eigenvalue weighted by Gasteiger charge is 2.18. The summed E-state index contributed by atoms with van der Waals surface area (Å²) in [5.74, 6) is 0.491. The SMILES string of the molecule is Cc1ccc(S(=O)(=O)NCC(NCC(C)C)c2ccccc2)cc1. The van der Waals surface area contributed by atoms with Crippen LogP contribution in [0.5, 0.6) is 0 Å². The molecule has 1 unspecified atom stereocenters. The van der Waals surface area contributed by atoms with Crippen molar-refractivity contribution in [2.45, 2.75) is 31.7 Å². The van der Waals surface area contributed by atoms with Crippen LogP contribution in [0.3, 0.4) is 0 Å². The number of sulfonamides is 1. The number of hydrogen-bond donors (Lipinski definition) is 2. The van der Waals surface area contributed by atoms with Crippen molar-refractivity contribution in [2.75, 3.05) is 13.1 Å². The zero-order valence-corrected chi connectivity index (χ0v) is 15.3. The molecule has 0 saturated heterocycles. The quantitative estimate of drug-likeness (QED) is 0.771. The summed E-state index contributed by atoms with van der Waals surface area (Å²) in [6, 6.07) is 16.7. The Balaban J connectivity index is 2.10. The summed E-state index contributed by atoms with van der Waals surface area (Å²) in [7, 11) is -3.51. The highest BCUT2D eigenvalue weighted by atomic mass is 32.2. The fourth-order valence-electron chi connectivity index (χ4n) is 2.36. The van der Waals surface area contributed by atoms with Crippen molar-refractivity contribution in [3.8, 4) is 0 Å². The Morgan fingerprint density at radius 1 is 0.917 bits per heavy atom. The molecule has 0 amide bonds. The molecule has 0 radical (unpaired) electrons. The first-order valence-corrected chi connectivity index (χ1v) is 9.71. The van der Waals surface area contributed by atoms with Crippen molar-refractivity contribution in [1.82, 2.24) is 10.0 Å². The van der Waals surface area contributed by atoms with Gasteiger partial charge in [-0.25, -0.2) is 13.1 Å². The molecule has 4 nitrogen and oxygen atoms in total. The number of aryl methyl sites for hydroxylation is 1. The molecule has 0 aliphatic heterocycles. The topological polar surface area (TPSA) is 58.2 Å². The minimum atomic E-state index is -3.51. The van der Waals surface area contributed by atoms with Gasteiger partial charge in [-0.15, -0.1) is 0 Å². The van der Waals surface area contributed by atoms with Gasteiger partial charge in [-0.2, -0.15) is 0 Å². The van der Waals surface area contributed by atoms with Gasteiger partial charge in [0.15, 0.2) is 0 Å². The highest BCUT2D eigenvalue weighted by molar-refractivity contribution is 7.89. The molecule has 0 aromatic heterocycles. The van der Waals surface area contributed by atoms with E-state index in [2.05, 4.69) is 23.9 Å². The Hall–Kier alpha value is -1.69. The summed E-state index contributed by atoms with van der Waals surface area (Å²) >= 11 is 0. The van der Waals surface area contributed by atoms with Crippen LogP contribution in [-0.4, -0.2) is 21.5 Å². The van der Waals surface area contributed by atoms with Crippen LogP contribution in [-0.2, 0) is 10.0 Å². The molecule has 130 valence electrons. The molecular weight excluding hydrogens is 320 g/mol. The van der Waals surface area contributed by atoms with E-state index in [1.807, 2.05) is 37.3 Å². The normalized spacial score (nSPS) is 13.2. The highest BCUT2D eigenvalue weighted by Crippen LogP contribution is 2.15. The van der Waals surface area contributed by atoms with Crippen molar-refractivity contribution in [1.29, 1.82) is 0 Å². The van der Waals surface area contributed by atoms with Crippen LogP contribution in [0, 0.1) is 12.8 Å². The second-order valence-corrected chi connectivity index (χ2v) is 8.20. The zero-order chi connectivity index (χ0) is 17.6. The van der Waals surface area contributed by atoms with E-state index in [9.17, 15) is 8.42 Å².